The highest BCUT2D eigenvalue weighted by atomic mass is 17.1. The zero-order valence-corrected chi connectivity index (χ0v) is 25.1. The van der Waals surface area contributed by atoms with E-state index in [-0.39, 0.29) is 0 Å². The maximum atomic E-state index is 12.5. The molecule has 0 aliphatic carbocycles. The number of nitrogens with one attached hydrogen (secondary N) is 2. The number of aliphatic carboxylic acids is 1. The highest BCUT2D eigenvalue weighted by molar-refractivity contribution is 5.76. The molecule has 0 saturated carbocycles. The van der Waals surface area contributed by atoms with Crippen LogP contribution in [0.1, 0.15) is 20.3 Å². The Labute approximate surface area is 265 Å². The highest BCUT2D eigenvalue weighted by Gasteiger charge is 2.57. The van der Waals surface area contributed by atoms with Crippen molar-refractivity contribution in [2.24, 2.45) is 0 Å². The molecule has 0 unspecified atom stereocenters. The number of hydrogen-bond donors (Lipinski definition) is 13. The van der Waals surface area contributed by atoms with Crippen molar-refractivity contribution in [1.29, 1.82) is 0 Å². The van der Waals surface area contributed by atoms with Gasteiger partial charge in [-0.1, -0.05) is 0 Å². The van der Waals surface area contributed by atoms with E-state index >= 15 is 0 Å². The molecule has 0 bridgehead atoms. The molecule has 0 aromatic rings. The quantitative estimate of drug-likeness (QED) is 0.0630. The fourth-order valence-corrected chi connectivity index (χ4v) is 5.52. The van der Waals surface area contributed by atoms with Crippen molar-refractivity contribution in [3.63, 3.8) is 0 Å². The molecule has 22 heteroatoms. The molecule has 2 amide bonds. The number of hydrogen-bond acceptors (Lipinski definition) is 19. The molecular weight excluding hydrogens is 648 g/mol. The summed E-state index contributed by atoms with van der Waals surface area (Å²) in [4.78, 5) is 39.6. The van der Waals surface area contributed by atoms with Gasteiger partial charge in [0.15, 0.2) is 12.6 Å². The van der Waals surface area contributed by atoms with Crippen LogP contribution in [0, 0.1) is 0 Å². The summed E-state index contributed by atoms with van der Waals surface area (Å²) in [6.45, 7) is -0.602. The molecule has 3 fully saturated rings. The van der Waals surface area contributed by atoms with Crippen LogP contribution < -0.4 is 10.6 Å². The first-order chi connectivity index (χ1) is 22.0. The Hall–Kier alpha value is -2.23. The molecule has 3 heterocycles. The first-order valence-electron chi connectivity index (χ1n) is 14.3. The number of carbonyl (C=O) groups is 3. The van der Waals surface area contributed by atoms with Gasteiger partial charge in [0, 0.05) is 20.3 Å². The number of ether oxygens (including phenoxy) is 5. The van der Waals surface area contributed by atoms with Crippen molar-refractivity contribution >= 4 is 17.8 Å². The Bertz CT molecular complexity index is 1070. The molecule has 3 aliphatic heterocycles. The summed E-state index contributed by atoms with van der Waals surface area (Å²) in [5.41, 5.74) is 0. The van der Waals surface area contributed by atoms with Crippen LogP contribution in [0.2, 0.25) is 0 Å². The summed E-state index contributed by atoms with van der Waals surface area (Å²) in [5, 5.41) is 117. The number of aliphatic hydroxyl groups excluding tert-OH is 9. The van der Waals surface area contributed by atoms with Gasteiger partial charge >= 0.3 is 5.97 Å². The third-order valence-corrected chi connectivity index (χ3v) is 7.93. The van der Waals surface area contributed by atoms with E-state index in [1.807, 2.05) is 0 Å². The van der Waals surface area contributed by atoms with E-state index in [1.54, 1.807) is 0 Å². The Balaban J connectivity index is 1.83. The minimum Gasteiger partial charge on any atom is -0.477 e. The lowest BCUT2D eigenvalue weighted by molar-refractivity contribution is -0.358. The van der Waals surface area contributed by atoms with Gasteiger partial charge in [-0.25, -0.2) is 9.68 Å². The van der Waals surface area contributed by atoms with Gasteiger partial charge in [-0.05, 0) is 0 Å². The predicted molar refractivity (Wildman–Crippen MR) is 143 cm³/mol. The van der Waals surface area contributed by atoms with E-state index in [1.165, 1.54) is 0 Å². The normalized spacial score (nSPS) is 42.3. The first-order valence-corrected chi connectivity index (χ1v) is 14.3. The molecule has 47 heavy (non-hydrogen) atoms. The molecule has 0 radical (unpaired) electrons. The van der Waals surface area contributed by atoms with E-state index in [0.717, 1.165) is 13.8 Å². The number of amides is 2. The standard InChI is InChI=1S/C25H42N2O20/c1-7(29)26-13-9(31)3-25(24(39)40,47-21(13)15(33)10(32)5-43-41)42-6-12-16(34)18(36)19(37)23(45-12)46-20-11(4-28)44-22(38)14(17(20)35)27-8(2)30/h9-23,28,31-38,41H,3-6H2,1-2H3,(H,26,29)(H,27,30)(H,39,40)/t9-,10+,11+,12+,13+,14+,15+,16-,17+,18-,19+,20+,21+,22+,23-,25+/m0/s1. The van der Waals surface area contributed by atoms with Gasteiger partial charge in [0.1, 0.15) is 73.7 Å². The number of rotatable bonds is 13. The second-order valence-electron chi connectivity index (χ2n) is 11.4. The van der Waals surface area contributed by atoms with Gasteiger partial charge in [-0.3, -0.25) is 14.8 Å². The van der Waals surface area contributed by atoms with Crippen LogP contribution in [0.3, 0.4) is 0 Å². The molecule has 272 valence electrons. The summed E-state index contributed by atoms with van der Waals surface area (Å²) in [7, 11) is 0. The average Bonchev–Trinajstić information content (AvgIpc) is 3.00. The van der Waals surface area contributed by atoms with Crippen LogP contribution in [0.25, 0.3) is 0 Å². The zero-order valence-electron chi connectivity index (χ0n) is 25.1. The Morgan fingerprint density at radius 1 is 0.894 bits per heavy atom. The zero-order chi connectivity index (χ0) is 35.4. The Morgan fingerprint density at radius 2 is 1.51 bits per heavy atom. The molecule has 3 saturated heterocycles. The Morgan fingerprint density at radius 3 is 2.06 bits per heavy atom. The van der Waals surface area contributed by atoms with Crippen molar-refractivity contribution < 1.29 is 99.3 Å². The summed E-state index contributed by atoms with van der Waals surface area (Å²) < 4.78 is 27.3. The van der Waals surface area contributed by atoms with E-state index in [0.29, 0.717) is 0 Å². The fraction of sp³-hybridized carbons (Fsp3) is 0.880. The topological polar surface area (TPSA) is 353 Å². The van der Waals surface area contributed by atoms with E-state index < -0.39 is 142 Å². The summed E-state index contributed by atoms with van der Waals surface area (Å²) in [6, 6.07) is -2.99. The molecule has 3 rings (SSSR count). The molecular formula is C25H42N2O20. The average molecular weight is 691 g/mol. The molecule has 3 aliphatic rings. The van der Waals surface area contributed by atoms with E-state index in [4.69, 9.17) is 28.9 Å². The Kier molecular flexibility index (Phi) is 13.7. The monoisotopic (exact) mass is 690 g/mol. The highest BCUT2D eigenvalue weighted by Crippen LogP contribution is 2.35. The van der Waals surface area contributed by atoms with Crippen LogP contribution in [-0.2, 0) is 43.0 Å². The maximum Gasteiger partial charge on any atom is 0.364 e. The van der Waals surface area contributed by atoms with Crippen LogP contribution >= 0.6 is 0 Å². The van der Waals surface area contributed by atoms with Gasteiger partial charge in [0.05, 0.1) is 25.4 Å². The maximum absolute atomic E-state index is 12.5. The van der Waals surface area contributed by atoms with Gasteiger partial charge in [-0.2, -0.15) is 0 Å². The minimum atomic E-state index is -2.86. The van der Waals surface area contributed by atoms with E-state index in [9.17, 15) is 65.4 Å². The summed E-state index contributed by atoms with van der Waals surface area (Å²) in [6.07, 6.45) is -25.1. The largest absolute Gasteiger partial charge is 0.477 e. The molecule has 22 nitrogen and oxygen atoms in total. The number of carbonyl (C=O) groups excluding carboxylic acids is 2. The third-order valence-electron chi connectivity index (χ3n) is 7.93. The lowest BCUT2D eigenvalue weighted by Crippen LogP contribution is -2.69. The van der Waals surface area contributed by atoms with Gasteiger partial charge in [0.25, 0.3) is 5.79 Å². The number of aliphatic hydroxyl groups is 9. The van der Waals surface area contributed by atoms with Gasteiger partial charge < -0.3 is 85.4 Å². The predicted octanol–water partition coefficient (Wildman–Crippen LogP) is -7.58. The molecule has 16 atom stereocenters. The number of carboxylic acid groups (broad SMARTS) is 1. The van der Waals surface area contributed by atoms with Crippen molar-refractivity contribution in [2.75, 3.05) is 19.8 Å². The van der Waals surface area contributed by atoms with Gasteiger partial charge in [0.2, 0.25) is 11.8 Å². The molecule has 0 aromatic heterocycles. The van der Waals surface area contributed by atoms with Crippen LogP contribution in [0.4, 0.5) is 0 Å². The number of carboxylic acids is 1. The second kappa shape index (κ2) is 16.4. The summed E-state index contributed by atoms with van der Waals surface area (Å²) in [5.74, 6) is -6.17. The van der Waals surface area contributed by atoms with Gasteiger partial charge in [-0.15, -0.1) is 0 Å². The van der Waals surface area contributed by atoms with Crippen molar-refractivity contribution in [2.45, 2.75) is 118 Å². The first kappa shape index (κ1) is 39.2. The SMILES string of the molecule is CC(=O)N[C@@H]1[C@@H](O)[C@H](O[C@@H]2O[C@H](CO[C@]3(C(=O)O)C[C@H](O)[C@@H](NC(C)=O)[C@H]([C@H](O)[C@H](O)COO)O3)[C@H](O)[C@H](O)[C@H]2O)[C@@H](CO)O[C@H]1O. The van der Waals surface area contributed by atoms with Crippen LogP contribution in [-0.4, -0.2) is 192 Å². The van der Waals surface area contributed by atoms with Crippen LogP contribution in [0.5, 0.6) is 0 Å². The minimum absolute atomic E-state index is 0.681. The molecule has 0 aromatic carbocycles. The lowest BCUT2D eigenvalue weighted by atomic mass is 9.88. The van der Waals surface area contributed by atoms with Crippen LogP contribution in [0.15, 0.2) is 0 Å². The van der Waals surface area contributed by atoms with Crippen molar-refractivity contribution in [3.05, 3.63) is 0 Å². The third kappa shape index (κ3) is 8.87. The second-order valence-corrected chi connectivity index (χ2v) is 11.4. The lowest BCUT2D eigenvalue weighted by Gasteiger charge is -2.48. The molecule has 13 N–H and O–H groups in total. The van der Waals surface area contributed by atoms with E-state index in [2.05, 4.69) is 15.5 Å². The van der Waals surface area contributed by atoms with Crippen molar-refractivity contribution in [1.82, 2.24) is 10.6 Å². The smallest absolute Gasteiger partial charge is 0.364 e. The summed E-state index contributed by atoms with van der Waals surface area (Å²) >= 11 is 0. The fourth-order valence-electron chi connectivity index (χ4n) is 5.52. The van der Waals surface area contributed by atoms with Crippen molar-refractivity contribution in [3.8, 4) is 0 Å². The molecule has 0 spiro atoms.